The number of benzene rings is 2. The zero-order chi connectivity index (χ0) is 15.4. The number of rotatable bonds is 6. The molecule has 0 saturated carbocycles. The molecule has 2 aromatic rings. The van der Waals surface area contributed by atoms with Gasteiger partial charge < -0.3 is 4.74 Å². The summed E-state index contributed by atoms with van der Waals surface area (Å²) in [6.07, 6.45) is 8.30. The van der Waals surface area contributed by atoms with Crippen LogP contribution in [0.1, 0.15) is 24.0 Å². The highest BCUT2D eigenvalue weighted by molar-refractivity contribution is 5.81. The summed E-state index contributed by atoms with van der Waals surface area (Å²) in [4.78, 5) is 0. The van der Waals surface area contributed by atoms with Gasteiger partial charge >= 0.3 is 0 Å². The maximum atomic E-state index is 5.13. The van der Waals surface area contributed by atoms with Crippen LogP contribution in [-0.2, 0) is 10.2 Å². The van der Waals surface area contributed by atoms with Crippen LogP contribution in [0.15, 0.2) is 73.3 Å². The lowest BCUT2D eigenvalue weighted by atomic mass is 9.73. The maximum absolute atomic E-state index is 5.13. The van der Waals surface area contributed by atoms with Gasteiger partial charge in [0.1, 0.15) is 0 Å². The molecule has 3 rings (SSSR count). The molecule has 0 amide bonds. The van der Waals surface area contributed by atoms with Gasteiger partial charge in [-0.15, -0.1) is 6.58 Å². The first-order valence-corrected chi connectivity index (χ1v) is 7.78. The average molecular weight is 290 g/mol. The van der Waals surface area contributed by atoms with Gasteiger partial charge in [0.05, 0.1) is 6.61 Å². The molecule has 0 aliphatic heterocycles. The highest BCUT2D eigenvalue weighted by Gasteiger charge is 2.40. The maximum Gasteiger partial charge on any atom is 0.0643 e. The minimum Gasteiger partial charge on any atom is -0.381 e. The Hall–Kier alpha value is -2.12. The zero-order valence-electron chi connectivity index (χ0n) is 13.1. The molecule has 112 valence electrons. The summed E-state index contributed by atoms with van der Waals surface area (Å²) in [5.74, 6) is 0. The van der Waals surface area contributed by atoms with Gasteiger partial charge in [0.15, 0.2) is 0 Å². The van der Waals surface area contributed by atoms with E-state index in [-0.39, 0.29) is 5.41 Å². The summed E-state index contributed by atoms with van der Waals surface area (Å²) in [6.45, 7) is 4.67. The summed E-state index contributed by atoms with van der Waals surface area (Å²) in [5, 5.41) is 0. The number of ether oxygens (including phenoxy) is 1. The van der Waals surface area contributed by atoms with E-state index >= 15 is 0 Å². The predicted octanol–water partition coefficient (Wildman–Crippen LogP) is 5.12. The number of methoxy groups -OCH3 is 1. The Morgan fingerprint density at radius 3 is 2.05 bits per heavy atom. The number of hydrogen-bond donors (Lipinski definition) is 0. The van der Waals surface area contributed by atoms with E-state index in [1.165, 1.54) is 22.3 Å². The first-order chi connectivity index (χ1) is 10.8. The largest absolute Gasteiger partial charge is 0.381 e. The van der Waals surface area contributed by atoms with E-state index in [2.05, 4.69) is 67.3 Å². The van der Waals surface area contributed by atoms with E-state index in [0.29, 0.717) is 6.61 Å². The minimum absolute atomic E-state index is 0.000815. The Kier molecular flexibility index (Phi) is 4.26. The molecule has 1 nitrogen and oxygen atoms in total. The molecule has 0 bridgehead atoms. The van der Waals surface area contributed by atoms with Crippen LogP contribution in [-0.4, -0.2) is 13.7 Å². The molecule has 1 heteroatoms. The molecular formula is C21H22O. The highest BCUT2D eigenvalue weighted by Crippen LogP contribution is 2.52. The van der Waals surface area contributed by atoms with E-state index in [9.17, 15) is 0 Å². The van der Waals surface area contributed by atoms with Crippen LogP contribution in [0.3, 0.4) is 0 Å². The molecule has 1 aliphatic rings. The molecule has 0 aromatic heterocycles. The lowest BCUT2D eigenvalue weighted by Gasteiger charge is -2.30. The quantitative estimate of drug-likeness (QED) is 0.671. The van der Waals surface area contributed by atoms with Crippen LogP contribution >= 0.6 is 0 Å². The van der Waals surface area contributed by atoms with Gasteiger partial charge in [-0.05, 0) is 35.1 Å². The van der Waals surface area contributed by atoms with Crippen molar-refractivity contribution in [1.82, 2.24) is 0 Å². The molecule has 22 heavy (non-hydrogen) atoms. The second kappa shape index (κ2) is 6.33. The van der Waals surface area contributed by atoms with Crippen molar-refractivity contribution in [2.45, 2.75) is 18.3 Å². The molecule has 0 saturated heterocycles. The van der Waals surface area contributed by atoms with E-state index in [4.69, 9.17) is 4.74 Å². The van der Waals surface area contributed by atoms with Crippen LogP contribution in [0.4, 0.5) is 0 Å². The Bertz CT molecular complexity index is 651. The van der Waals surface area contributed by atoms with Gasteiger partial charge in [-0.3, -0.25) is 0 Å². The Morgan fingerprint density at radius 2 is 1.50 bits per heavy atom. The molecule has 0 heterocycles. The molecule has 0 spiro atoms. The van der Waals surface area contributed by atoms with Crippen molar-refractivity contribution in [3.8, 4) is 11.1 Å². The molecule has 0 unspecified atom stereocenters. The van der Waals surface area contributed by atoms with E-state index in [0.717, 1.165) is 12.8 Å². The second-order valence-electron chi connectivity index (χ2n) is 5.80. The Balaban J connectivity index is 2.13. The van der Waals surface area contributed by atoms with Crippen molar-refractivity contribution in [2.75, 3.05) is 13.7 Å². The Labute approximate surface area is 133 Å². The zero-order valence-corrected chi connectivity index (χ0v) is 13.1. The van der Waals surface area contributed by atoms with E-state index in [1.807, 2.05) is 6.08 Å². The summed E-state index contributed by atoms with van der Waals surface area (Å²) >= 11 is 0. The van der Waals surface area contributed by atoms with Crippen molar-refractivity contribution >= 4 is 0 Å². The van der Waals surface area contributed by atoms with Gasteiger partial charge in [0.2, 0.25) is 0 Å². The lowest BCUT2D eigenvalue weighted by Crippen LogP contribution is -2.23. The molecule has 0 atom stereocenters. The molecule has 0 N–H and O–H groups in total. The van der Waals surface area contributed by atoms with Crippen LogP contribution in [0.2, 0.25) is 0 Å². The number of allylic oxidation sites excluding steroid dienone is 2. The fraction of sp³-hybridized carbons (Fsp3) is 0.238. The lowest BCUT2D eigenvalue weighted by molar-refractivity contribution is 0.233. The van der Waals surface area contributed by atoms with Crippen molar-refractivity contribution in [3.05, 3.63) is 84.5 Å². The van der Waals surface area contributed by atoms with Gasteiger partial charge in [-0.1, -0.05) is 66.8 Å². The van der Waals surface area contributed by atoms with Crippen molar-refractivity contribution in [3.63, 3.8) is 0 Å². The third kappa shape index (κ3) is 2.32. The van der Waals surface area contributed by atoms with Crippen LogP contribution in [0.25, 0.3) is 11.1 Å². The smallest absolute Gasteiger partial charge is 0.0643 e. The average Bonchev–Trinajstić information content (AvgIpc) is 2.84. The van der Waals surface area contributed by atoms with Crippen LogP contribution in [0.5, 0.6) is 0 Å². The SMILES string of the molecule is C=CCC1(C/C=C\COC)c2ccccc2-c2ccccc21. The molecule has 0 radical (unpaired) electrons. The monoisotopic (exact) mass is 290 g/mol. The summed E-state index contributed by atoms with van der Waals surface area (Å²) in [6, 6.07) is 17.5. The van der Waals surface area contributed by atoms with Crippen LogP contribution < -0.4 is 0 Å². The Morgan fingerprint density at radius 1 is 0.909 bits per heavy atom. The van der Waals surface area contributed by atoms with Crippen molar-refractivity contribution in [2.24, 2.45) is 0 Å². The minimum atomic E-state index is -0.000815. The van der Waals surface area contributed by atoms with E-state index in [1.54, 1.807) is 7.11 Å². The number of hydrogen-bond acceptors (Lipinski definition) is 1. The van der Waals surface area contributed by atoms with Crippen molar-refractivity contribution in [1.29, 1.82) is 0 Å². The van der Waals surface area contributed by atoms with Gasteiger partial charge in [0, 0.05) is 12.5 Å². The standard InChI is InChI=1S/C21H22O/c1-3-14-21(15-8-9-16-22-2)19-12-6-4-10-17(19)18-11-5-7-13-20(18)21/h3-13H,1,14-16H2,2H3/b9-8-. The summed E-state index contributed by atoms with van der Waals surface area (Å²) in [5.41, 5.74) is 5.55. The normalized spacial score (nSPS) is 14.8. The third-order valence-corrected chi connectivity index (χ3v) is 4.56. The molecular weight excluding hydrogens is 268 g/mol. The van der Waals surface area contributed by atoms with E-state index < -0.39 is 0 Å². The van der Waals surface area contributed by atoms with Crippen LogP contribution in [0, 0.1) is 0 Å². The molecule has 1 aliphatic carbocycles. The fourth-order valence-electron chi connectivity index (χ4n) is 3.63. The third-order valence-electron chi connectivity index (χ3n) is 4.56. The first-order valence-electron chi connectivity index (χ1n) is 7.78. The van der Waals surface area contributed by atoms with Gasteiger partial charge in [-0.2, -0.15) is 0 Å². The number of fused-ring (bicyclic) bond motifs is 3. The summed E-state index contributed by atoms with van der Waals surface area (Å²) < 4.78 is 5.13. The predicted molar refractivity (Wildman–Crippen MR) is 93.1 cm³/mol. The van der Waals surface area contributed by atoms with Gasteiger partial charge in [0.25, 0.3) is 0 Å². The van der Waals surface area contributed by atoms with Gasteiger partial charge in [-0.25, -0.2) is 0 Å². The highest BCUT2D eigenvalue weighted by atomic mass is 16.5. The topological polar surface area (TPSA) is 9.23 Å². The first kappa shape index (κ1) is 14.8. The van der Waals surface area contributed by atoms with Crippen molar-refractivity contribution < 1.29 is 4.74 Å². The molecule has 2 aromatic carbocycles. The second-order valence-corrected chi connectivity index (χ2v) is 5.80. The fourth-order valence-corrected chi connectivity index (χ4v) is 3.63. The molecule has 0 fully saturated rings. The summed E-state index contributed by atoms with van der Waals surface area (Å²) in [7, 11) is 1.73.